The van der Waals surface area contributed by atoms with Gasteiger partial charge in [-0.2, -0.15) is 0 Å². The minimum Gasteiger partial charge on any atom is -0.493 e. The Morgan fingerprint density at radius 1 is 1.00 bits per heavy atom. The summed E-state index contributed by atoms with van der Waals surface area (Å²) in [5.41, 5.74) is 4.69. The highest BCUT2D eigenvalue weighted by Gasteiger charge is 2.13. The molecule has 4 nitrogen and oxygen atoms in total. The van der Waals surface area contributed by atoms with Gasteiger partial charge in [-0.05, 0) is 73.7 Å². The molecular formula is C24H25NO3S. The summed E-state index contributed by atoms with van der Waals surface area (Å²) in [6.45, 7) is 4.70. The summed E-state index contributed by atoms with van der Waals surface area (Å²) in [5.74, 6) is 1.85. The maximum Gasteiger partial charge on any atom is 0.171 e. The van der Waals surface area contributed by atoms with Crippen LogP contribution in [0.25, 0.3) is 10.6 Å². The van der Waals surface area contributed by atoms with E-state index in [9.17, 15) is 4.79 Å². The zero-order chi connectivity index (χ0) is 20.2. The van der Waals surface area contributed by atoms with Crippen LogP contribution in [0, 0.1) is 6.92 Å². The molecule has 150 valence electrons. The largest absolute Gasteiger partial charge is 0.493 e. The number of hydrogen-bond donors (Lipinski definition) is 0. The second-order valence-electron chi connectivity index (χ2n) is 7.35. The van der Waals surface area contributed by atoms with Crippen molar-refractivity contribution in [2.45, 2.75) is 39.5 Å². The maximum absolute atomic E-state index is 11.6. The summed E-state index contributed by atoms with van der Waals surface area (Å²) in [6.07, 6.45) is 4.45. The monoisotopic (exact) mass is 407 g/mol. The van der Waals surface area contributed by atoms with E-state index in [-0.39, 0.29) is 5.78 Å². The van der Waals surface area contributed by atoms with E-state index >= 15 is 0 Å². The lowest BCUT2D eigenvalue weighted by molar-refractivity contribution is 0.102. The van der Waals surface area contributed by atoms with Crippen LogP contribution >= 0.6 is 11.3 Å². The molecule has 1 heterocycles. The molecule has 0 radical (unpaired) electrons. The zero-order valence-electron chi connectivity index (χ0n) is 16.9. The first kappa shape index (κ1) is 19.6. The van der Waals surface area contributed by atoms with Gasteiger partial charge in [-0.25, -0.2) is 4.98 Å². The van der Waals surface area contributed by atoms with E-state index in [1.54, 1.807) is 6.92 Å². The van der Waals surface area contributed by atoms with Crippen molar-refractivity contribution in [2.24, 2.45) is 0 Å². The van der Waals surface area contributed by atoms with Crippen LogP contribution in [-0.4, -0.2) is 24.0 Å². The summed E-state index contributed by atoms with van der Waals surface area (Å²) in [7, 11) is 0. The van der Waals surface area contributed by atoms with Gasteiger partial charge in [0.1, 0.15) is 16.5 Å². The topological polar surface area (TPSA) is 48.4 Å². The average molecular weight is 408 g/mol. The van der Waals surface area contributed by atoms with E-state index in [2.05, 4.69) is 23.2 Å². The van der Waals surface area contributed by atoms with Crippen molar-refractivity contribution in [1.82, 2.24) is 4.98 Å². The van der Waals surface area contributed by atoms with Crippen molar-refractivity contribution in [1.29, 1.82) is 0 Å². The number of fused-ring (bicyclic) bond motifs is 1. The number of carbonyl (C=O) groups is 1. The molecule has 4 rings (SSSR count). The molecule has 3 aromatic rings. The number of carbonyl (C=O) groups excluding carboxylic acids is 1. The molecule has 1 aromatic heterocycles. The van der Waals surface area contributed by atoms with Crippen LogP contribution in [0.2, 0.25) is 0 Å². The Kier molecular flexibility index (Phi) is 5.95. The summed E-state index contributed by atoms with van der Waals surface area (Å²) in [5, 5.41) is 0.863. The number of aromatic nitrogens is 1. The Balaban J connectivity index is 1.24. The number of nitrogens with zero attached hydrogens (tertiary/aromatic N) is 1. The van der Waals surface area contributed by atoms with E-state index in [1.165, 1.54) is 41.7 Å². The number of Topliss-reactive ketones (excluding diaryl/α,β-unsaturated/α-hetero) is 1. The Morgan fingerprint density at radius 2 is 1.69 bits per heavy atom. The van der Waals surface area contributed by atoms with E-state index < -0.39 is 0 Å². The van der Waals surface area contributed by atoms with Gasteiger partial charge in [-0.3, -0.25) is 4.79 Å². The van der Waals surface area contributed by atoms with Gasteiger partial charge in [0.05, 0.1) is 23.8 Å². The molecule has 0 unspecified atom stereocenters. The fourth-order valence-corrected chi connectivity index (χ4v) is 4.58. The van der Waals surface area contributed by atoms with Gasteiger partial charge < -0.3 is 9.47 Å². The molecule has 0 N–H and O–H groups in total. The normalized spacial score (nSPS) is 12.6. The number of ketones is 1. The second-order valence-corrected chi connectivity index (χ2v) is 8.35. The van der Waals surface area contributed by atoms with Crippen LogP contribution in [0.3, 0.4) is 0 Å². The molecule has 0 saturated carbocycles. The predicted molar refractivity (Wildman–Crippen MR) is 116 cm³/mol. The number of ether oxygens (including phenoxy) is 2. The summed E-state index contributed by atoms with van der Waals surface area (Å²) in [6, 6.07) is 14.3. The molecule has 0 fully saturated rings. The Morgan fingerprint density at radius 3 is 2.41 bits per heavy atom. The number of benzene rings is 2. The van der Waals surface area contributed by atoms with Crippen LogP contribution in [-0.2, 0) is 12.8 Å². The van der Waals surface area contributed by atoms with E-state index in [0.29, 0.717) is 13.2 Å². The van der Waals surface area contributed by atoms with Crippen LogP contribution in [0.4, 0.5) is 0 Å². The zero-order valence-corrected chi connectivity index (χ0v) is 17.7. The lowest BCUT2D eigenvalue weighted by Gasteiger charge is -2.09. The first-order chi connectivity index (χ1) is 14.1. The van der Waals surface area contributed by atoms with Gasteiger partial charge in [0.2, 0.25) is 0 Å². The van der Waals surface area contributed by atoms with Crippen LogP contribution in [0.1, 0.15) is 46.3 Å². The Bertz CT molecular complexity index is 1010. The molecular weight excluding hydrogens is 382 g/mol. The molecule has 0 saturated heterocycles. The SMILES string of the molecule is CC(=O)c1sc(-c2ccc(OCCCOc3ccc4c(c3)CCC4)cc2)nc1C. The van der Waals surface area contributed by atoms with Gasteiger partial charge in [-0.15, -0.1) is 11.3 Å². The Labute approximate surface area is 175 Å². The third kappa shape index (κ3) is 4.67. The highest BCUT2D eigenvalue weighted by Crippen LogP contribution is 2.29. The summed E-state index contributed by atoms with van der Waals surface area (Å²) < 4.78 is 11.7. The van der Waals surface area contributed by atoms with Gasteiger partial charge in [0, 0.05) is 18.9 Å². The first-order valence-corrected chi connectivity index (χ1v) is 10.9. The third-order valence-corrected chi connectivity index (χ3v) is 6.42. The number of rotatable bonds is 8. The van der Waals surface area contributed by atoms with Crippen molar-refractivity contribution in [3.8, 4) is 22.1 Å². The lowest BCUT2D eigenvalue weighted by Crippen LogP contribution is -2.05. The van der Waals surface area contributed by atoms with Crippen molar-refractivity contribution in [3.05, 3.63) is 64.2 Å². The van der Waals surface area contributed by atoms with E-state index in [4.69, 9.17) is 9.47 Å². The molecule has 0 atom stereocenters. The standard InChI is InChI=1S/C24H25NO3S/c1-16-23(17(2)26)29-24(25-16)19-8-10-21(11-9-19)27-13-4-14-28-22-12-7-18-5-3-6-20(18)15-22/h7-12,15H,3-6,13-14H2,1-2H3. The molecule has 29 heavy (non-hydrogen) atoms. The minimum atomic E-state index is 0.0633. The van der Waals surface area contributed by atoms with Crippen LogP contribution in [0.5, 0.6) is 11.5 Å². The van der Waals surface area contributed by atoms with Gasteiger partial charge in [0.15, 0.2) is 5.78 Å². The van der Waals surface area contributed by atoms with E-state index in [0.717, 1.165) is 39.1 Å². The summed E-state index contributed by atoms with van der Waals surface area (Å²) in [4.78, 5) is 16.9. The highest BCUT2D eigenvalue weighted by atomic mass is 32.1. The van der Waals surface area contributed by atoms with Crippen LogP contribution in [0.15, 0.2) is 42.5 Å². The predicted octanol–water partition coefficient (Wildman–Crippen LogP) is 5.66. The molecule has 1 aliphatic carbocycles. The molecule has 2 aromatic carbocycles. The average Bonchev–Trinajstić information content (AvgIpc) is 3.34. The van der Waals surface area contributed by atoms with E-state index in [1.807, 2.05) is 31.2 Å². The summed E-state index contributed by atoms with van der Waals surface area (Å²) >= 11 is 1.44. The minimum absolute atomic E-state index is 0.0633. The molecule has 0 spiro atoms. The quantitative estimate of drug-likeness (QED) is 0.357. The lowest BCUT2D eigenvalue weighted by atomic mass is 10.1. The third-order valence-electron chi connectivity index (χ3n) is 5.11. The highest BCUT2D eigenvalue weighted by molar-refractivity contribution is 7.17. The van der Waals surface area contributed by atoms with Crippen LogP contribution < -0.4 is 9.47 Å². The first-order valence-electron chi connectivity index (χ1n) is 10.1. The van der Waals surface area contributed by atoms with Gasteiger partial charge in [-0.1, -0.05) is 6.07 Å². The van der Waals surface area contributed by atoms with Crippen molar-refractivity contribution in [3.63, 3.8) is 0 Å². The van der Waals surface area contributed by atoms with Crippen molar-refractivity contribution in [2.75, 3.05) is 13.2 Å². The second kappa shape index (κ2) is 8.78. The van der Waals surface area contributed by atoms with Gasteiger partial charge in [0.25, 0.3) is 0 Å². The van der Waals surface area contributed by atoms with Crippen molar-refractivity contribution < 1.29 is 14.3 Å². The maximum atomic E-state index is 11.6. The fraction of sp³-hybridized carbons (Fsp3) is 0.333. The molecule has 5 heteroatoms. The number of hydrogen-bond acceptors (Lipinski definition) is 5. The molecule has 0 amide bonds. The fourth-order valence-electron chi connectivity index (χ4n) is 3.62. The molecule has 0 aliphatic heterocycles. The van der Waals surface area contributed by atoms with Gasteiger partial charge >= 0.3 is 0 Å². The Hall–Kier alpha value is -2.66. The number of thiazole rings is 1. The molecule has 0 bridgehead atoms. The molecule has 1 aliphatic rings. The van der Waals surface area contributed by atoms with Crippen molar-refractivity contribution >= 4 is 17.1 Å². The smallest absolute Gasteiger partial charge is 0.171 e. The number of aryl methyl sites for hydroxylation is 3.